The van der Waals surface area contributed by atoms with Crippen LogP contribution in [0.3, 0.4) is 0 Å². The zero-order chi connectivity index (χ0) is 18.0. The van der Waals surface area contributed by atoms with E-state index in [4.69, 9.17) is 9.47 Å². The number of rotatable bonds is 9. The fraction of sp³-hybridized carbons (Fsp3) is 0.217. The standard InChI is InChI=1S/C23H24O3/c24-22-17-9-7-11-19(22)12-8-10-18-23(25-20-13-3-1-4-14-20)26-21-15-5-2-6-16-21/h1-7,9,11,13-17,23-24H,8,10,12,18H2. The third-order valence-corrected chi connectivity index (χ3v) is 4.15. The predicted molar refractivity (Wildman–Crippen MR) is 104 cm³/mol. The summed E-state index contributed by atoms with van der Waals surface area (Å²) in [5.41, 5.74) is 0.983. The van der Waals surface area contributed by atoms with Crippen molar-refractivity contribution >= 4 is 0 Å². The first-order chi connectivity index (χ1) is 12.8. The first kappa shape index (κ1) is 17.9. The van der Waals surface area contributed by atoms with E-state index in [1.54, 1.807) is 6.07 Å². The van der Waals surface area contributed by atoms with Gasteiger partial charge >= 0.3 is 0 Å². The molecule has 1 N–H and O–H groups in total. The van der Waals surface area contributed by atoms with Crippen LogP contribution < -0.4 is 9.47 Å². The lowest BCUT2D eigenvalue weighted by Gasteiger charge is -2.20. The molecule has 134 valence electrons. The van der Waals surface area contributed by atoms with Gasteiger partial charge in [-0.15, -0.1) is 0 Å². The molecule has 0 radical (unpaired) electrons. The molecule has 0 saturated carbocycles. The van der Waals surface area contributed by atoms with Gasteiger partial charge in [-0.3, -0.25) is 0 Å². The Morgan fingerprint density at radius 2 is 1.19 bits per heavy atom. The van der Waals surface area contributed by atoms with Crippen molar-refractivity contribution in [2.45, 2.75) is 32.0 Å². The van der Waals surface area contributed by atoms with Crippen LogP contribution >= 0.6 is 0 Å². The number of hydrogen-bond donors (Lipinski definition) is 1. The summed E-state index contributed by atoms with van der Waals surface area (Å²) < 4.78 is 12.0. The summed E-state index contributed by atoms with van der Waals surface area (Å²) >= 11 is 0. The normalized spacial score (nSPS) is 10.7. The van der Waals surface area contributed by atoms with Crippen LogP contribution in [0.2, 0.25) is 0 Å². The number of para-hydroxylation sites is 3. The predicted octanol–water partition coefficient (Wildman–Crippen LogP) is 5.59. The Hall–Kier alpha value is -2.94. The van der Waals surface area contributed by atoms with Gasteiger partial charge in [0, 0.05) is 6.42 Å². The molecular formula is C23H24O3. The molecule has 0 amide bonds. The smallest absolute Gasteiger partial charge is 0.241 e. The maximum atomic E-state index is 9.86. The van der Waals surface area contributed by atoms with Gasteiger partial charge in [-0.2, -0.15) is 0 Å². The lowest BCUT2D eigenvalue weighted by molar-refractivity contribution is -0.00232. The highest BCUT2D eigenvalue weighted by atomic mass is 16.7. The molecular weight excluding hydrogens is 324 g/mol. The topological polar surface area (TPSA) is 38.7 Å². The minimum absolute atomic E-state index is 0.343. The largest absolute Gasteiger partial charge is 0.508 e. The number of unbranched alkanes of at least 4 members (excludes halogenated alkanes) is 1. The zero-order valence-electron chi connectivity index (χ0n) is 14.8. The number of ether oxygens (including phenoxy) is 2. The molecule has 0 fully saturated rings. The monoisotopic (exact) mass is 348 g/mol. The van der Waals surface area contributed by atoms with Gasteiger partial charge in [-0.25, -0.2) is 0 Å². The lowest BCUT2D eigenvalue weighted by Crippen LogP contribution is -2.24. The van der Waals surface area contributed by atoms with Gasteiger partial charge in [0.05, 0.1) is 0 Å². The Labute approximate surface area is 154 Å². The Morgan fingerprint density at radius 1 is 0.654 bits per heavy atom. The van der Waals surface area contributed by atoms with E-state index in [0.29, 0.717) is 5.75 Å². The number of phenols is 1. The van der Waals surface area contributed by atoms with Crippen LogP contribution in [0.15, 0.2) is 84.9 Å². The Kier molecular flexibility index (Phi) is 6.54. The molecule has 3 heteroatoms. The maximum absolute atomic E-state index is 9.86. The van der Waals surface area contributed by atoms with E-state index in [-0.39, 0.29) is 6.29 Å². The number of aryl methyl sites for hydroxylation is 1. The average molecular weight is 348 g/mol. The van der Waals surface area contributed by atoms with Crippen LogP contribution in [0.4, 0.5) is 0 Å². The van der Waals surface area contributed by atoms with Crippen LogP contribution in [0.1, 0.15) is 24.8 Å². The molecule has 3 aromatic rings. The molecule has 0 bridgehead atoms. The number of aromatic hydroxyl groups is 1. The van der Waals surface area contributed by atoms with Gasteiger partial charge in [0.15, 0.2) is 0 Å². The second-order valence-corrected chi connectivity index (χ2v) is 6.17. The van der Waals surface area contributed by atoms with E-state index in [9.17, 15) is 5.11 Å². The van der Waals surface area contributed by atoms with E-state index in [1.807, 2.05) is 78.9 Å². The van der Waals surface area contributed by atoms with Gasteiger partial charge < -0.3 is 14.6 Å². The first-order valence-corrected chi connectivity index (χ1v) is 9.01. The van der Waals surface area contributed by atoms with Crippen LogP contribution in [-0.4, -0.2) is 11.4 Å². The minimum Gasteiger partial charge on any atom is -0.508 e. The second kappa shape index (κ2) is 9.52. The Bertz CT molecular complexity index is 730. The Balaban J connectivity index is 1.55. The van der Waals surface area contributed by atoms with E-state index in [1.165, 1.54) is 0 Å². The molecule has 3 nitrogen and oxygen atoms in total. The summed E-state index contributed by atoms with van der Waals surface area (Å²) in [5, 5.41) is 9.86. The van der Waals surface area contributed by atoms with Gasteiger partial charge in [0.1, 0.15) is 17.2 Å². The van der Waals surface area contributed by atoms with Crippen molar-refractivity contribution in [3.05, 3.63) is 90.5 Å². The third kappa shape index (κ3) is 5.55. The van der Waals surface area contributed by atoms with E-state index in [2.05, 4.69) is 0 Å². The van der Waals surface area contributed by atoms with Crippen molar-refractivity contribution in [2.75, 3.05) is 0 Å². The van der Waals surface area contributed by atoms with Crippen molar-refractivity contribution in [2.24, 2.45) is 0 Å². The van der Waals surface area contributed by atoms with E-state index < -0.39 is 0 Å². The van der Waals surface area contributed by atoms with Crippen molar-refractivity contribution < 1.29 is 14.6 Å². The fourth-order valence-corrected chi connectivity index (χ4v) is 2.79. The molecule has 3 aromatic carbocycles. The van der Waals surface area contributed by atoms with Gasteiger partial charge in [-0.1, -0.05) is 54.6 Å². The molecule has 0 unspecified atom stereocenters. The fourth-order valence-electron chi connectivity index (χ4n) is 2.79. The van der Waals surface area contributed by atoms with Crippen LogP contribution in [0.25, 0.3) is 0 Å². The van der Waals surface area contributed by atoms with Crippen LogP contribution in [0.5, 0.6) is 17.2 Å². The number of hydrogen-bond acceptors (Lipinski definition) is 3. The SMILES string of the molecule is Oc1ccccc1CCCCC(Oc1ccccc1)Oc1ccccc1. The molecule has 0 heterocycles. The lowest BCUT2D eigenvalue weighted by atomic mass is 10.1. The maximum Gasteiger partial charge on any atom is 0.241 e. The molecule has 26 heavy (non-hydrogen) atoms. The number of phenolic OH excluding ortho intramolecular Hbond substituents is 1. The first-order valence-electron chi connectivity index (χ1n) is 9.01. The average Bonchev–Trinajstić information content (AvgIpc) is 2.68. The summed E-state index contributed by atoms with van der Waals surface area (Å²) in [4.78, 5) is 0. The summed E-state index contributed by atoms with van der Waals surface area (Å²) in [6.07, 6.45) is 3.18. The highest BCUT2D eigenvalue weighted by molar-refractivity contribution is 5.31. The van der Waals surface area contributed by atoms with Crippen LogP contribution in [0, 0.1) is 0 Å². The summed E-state index contributed by atoms with van der Waals surface area (Å²) in [7, 11) is 0. The van der Waals surface area contributed by atoms with Crippen molar-refractivity contribution in [1.82, 2.24) is 0 Å². The third-order valence-electron chi connectivity index (χ3n) is 4.15. The van der Waals surface area contributed by atoms with E-state index >= 15 is 0 Å². The molecule has 0 spiro atoms. The van der Waals surface area contributed by atoms with Crippen molar-refractivity contribution in [3.8, 4) is 17.2 Å². The molecule has 0 saturated heterocycles. The minimum atomic E-state index is -0.343. The highest BCUT2D eigenvalue weighted by Gasteiger charge is 2.12. The quantitative estimate of drug-likeness (QED) is 0.405. The van der Waals surface area contributed by atoms with Gasteiger partial charge in [0.25, 0.3) is 0 Å². The molecule has 0 aliphatic rings. The van der Waals surface area contributed by atoms with E-state index in [0.717, 1.165) is 42.7 Å². The molecule has 0 aliphatic carbocycles. The summed E-state index contributed by atoms with van der Waals surface area (Å²) in [6, 6.07) is 27.0. The molecule has 0 aliphatic heterocycles. The van der Waals surface area contributed by atoms with Crippen molar-refractivity contribution in [1.29, 1.82) is 0 Å². The van der Waals surface area contributed by atoms with Crippen LogP contribution in [-0.2, 0) is 6.42 Å². The molecule has 0 aromatic heterocycles. The van der Waals surface area contributed by atoms with Crippen molar-refractivity contribution in [3.63, 3.8) is 0 Å². The molecule has 3 rings (SSSR count). The summed E-state index contributed by atoms with van der Waals surface area (Å²) in [6.45, 7) is 0. The molecule has 0 atom stereocenters. The summed E-state index contributed by atoms with van der Waals surface area (Å²) in [5.74, 6) is 1.97. The highest BCUT2D eigenvalue weighted by Crippen LogP contribution is 2.21. The second-order valence-electron chi connectivity index (χ2n) is 6.17. The van der Waals surface area contributed by atoms with Gasteiger partial charge in [0.2, 0.25) is 6.29 Å². The number of benzene rings is 3. The zero-order valence-corrected chi connectivity index (χ0v) is 14.8. The van der Waals surface area contributed by atoms with Gasteiger partial charge in [-0.05, 0) is 55.2 Å². The Morgan fingerprint density at radius 3 is 1.77 bits per heavy atom.